The van der Waals surface area contributed by atoms with Crippen molar-refractivity contribution in [3.05, 3.63) is 36.0 Å². The topological polar surface area (TPSA) is 107 Å². The third-order valence-electron chi connectivity index (χ3n) is 2.80. The summed E-state index contributed by atoms with van der Waals surface area (Å²) in [6.07, 6.45) is 0. The third kappa shape index (κ3) is 2.50. The largest absolute Gasteiger partial charge is 0.383 e. The van der Waals surface area contributed by atoms with Crippen molar-refractivity contribution in [3.8, 4) is 12.1 Å². The van der Waals surface area contributed by atoms with E-state index in [1.165, 1.54) is 0 Å². The molecule has 0 saturated carbocycles. The number of hydrogen-bond donors (Lipinski definition) is 1. The molecule has 0 saturated heterocycles. The fraction of sp³-hybridized carbons (Fsp3) is 0.143. The molecule has 1 aromatic heterocycles. The van der Waals surface area contributed by atoms with Gasteiger partial charge in [0.2, 0.25) is 0 Å². The van der Waals surface area contributed by atoms with Crippen molar-refractivity contribution in [2.75, 3.05) is 18.8 Å². The Morgan fingerprint density at radius 2 is 1.90 bits per heavy atom. The summed E-state index contributed by atoms with van der Waals surface area (Å²) in [6.45, 7) is -0.332. The lowest BCUT2D eigenvalue weighted by Crippen LogP contribution is -2.32. The summed E-state index contributed by atoms with van der Waals surface area (Å²) in [5, 5.41) is 18.9. The van der Waals surface area contributed by atoms with Gasteiger partial charge in [-0.1, -0.05) is 24.3 Å². The van der Waals surface area contributed by atoms with E-state index in [2.05, 4.69) is 4.98 Å². The summed E-state index contributed by atoms with van der Waals surface area (Å²) in [5.74, 6) is -0.231. The Balaban J connectivity index is 2.45. The second-order valence-electron chi connectivity index (χ2n) is 4.09. The minimum Gasteiger partial charge on any atom is -0.383 e. The molecular weight excluding hydrogens is 254 g/mol. The molecule has 6 heteroatoms. The van der Waals surface area contributed by atoms with E-state index in [1.54, 1.807) is 6.07 Å². The number of benzene rings is 1. The SMILES string of the molecule is N#CCN(CC#N)C(=O)c1cc2ccccc2c(N)n1. The van der Waals surface area contributed by atoms with E-state index in [9.17, 15) is 4.79 Å². The van der Waals surface area contributed by atoms with Gasteiger partial charge in [-0.25, -0.2) is 4.98 Å². The first-order chi connectivity index (χ1) is 9.67. The Labute approximate surface area is 115 Å². The molecule has 98 valence electrons. The van der Waals surface area contributed by atoms with Crippen molar-refractivity contribution in [3.63, 3.8) is 0 Å². The zero-order valence-electron chi connectivity index (χ0n) is 10.6. The van der Waals surface area contributed by atoms with E-state index in [0.717, 1.165) is 15.7 Å². The lowest BCUT2D eigenvalue weighted by Gasteiger charge is -2.15. The number of nitrogens with two attached hydrogens (primary N) is 1. The molecule has 0 unspecified atom stereocenters. The number of nitriles is 2. The number of carbonyl (C=O) groups excluding carboxylic acids is 1. The minimum absolute atomic E-state index is 0.131. The normalized spacial score (nSPS) is 9.70. The van der Waals surface area contributed by atoms with Crippen LogP contribution in [0, 0.1) is 22.7 Å². The molecule has 0 bridgehead atoms. The predicted octanol–water partition coefficient (Wildman–Crippen LogP) is 1.31. The van der Waals surface area contributed by atoms with Crippen LogP contribution < -0.4 is 5.73 Å². The standard InChI is InChI=1S/C14H11N5O/c15-5-7-19(8-6-16)14(20)12-9-10-3-1-2-4-11(10)13(17)18-12/h1-4,9H,7-8H2,(H2,17,18). The van der Waals surface area contributed by atoms with Crippen LogP contribution in [0.25, 0.3) is 10.8 Å². The maximum Gasteiger partial charge on any atom is 0.274 e. The number of anilines is 1. The second kappa shape index (κ2) is 5.68. The molecule has 0 aliphatic heterocycles. The number of amides is 1. The molecule has 0 aliphatic carbocycles. The summed E-state index contributed by atoms with van der Waals surface area (Å²) in [7, 11) is 0. The van der Waals surface area contributed by atoms with Crippen LogP contribution in [0.15, 0.2) is 30.3 Å². The van der Waals surface area contributed by atoms with Crippen LogP contribution in [0.1, 0.15) is 10.5 Å². The van der Waals surface area contributed by atoms with Gasteiger partial charge in [0.15, 0.2) is 0 Å². The summed E-state index contributed by atoms with van der Waals surface area (Å²) >= 11 is 0. The smallest absolute Gasteiger partial charge is 0.274 e. The maximum atomic E-state index is 12.2. The van der Waals surface area contributed by atoms with Crippen molar-refractivity contribution < 1.29 is 4.79 Å². The molecule has 20 heavy (non-hydrogen) atoms. The fourth-order valence-corrected chi connectivity index (χ4v) is 1.87. The van der Waals surface area contributed by atoms with Gasteiger partial charge in [0.25, 0.3) is 5.91 Å². The number of aromatic nitrogens is 1. The van der Waals surface area contributed by atoms with E-state index in [0.29, 0.717) is 0 Å². The van der Waals surface area contributed by atoms with Gasteiger partial charge in [-0.05, 0) is 11.5 Å². The quantitative estimate of drug-likeness (QED) is 0.842. The van der Waals surface area contributed by atoms with Crippen LogP contribution in [0.5, 0.6) is 0 Å². The molecule has 2 rings (SSSR count). The Bertz CT molecular complexity index is 725. The highest BCUT2D eigenvalue weighted by molar-refractivity contribution is 6.00. The van der Waals surface area contributed by atoms with E-state index in [4.69, 9.17) is 16.3 Å². The van der Waals surface area contributed by atoms with Crippen molar-refractivity contribution in [1.29, 1.82) is 10.5 Å². The molecule has 6 nitrogen and oxygen atoms in total. The van der Waals surface area contributed by atoms with Crippen molar-refractivity contribution in [2.24, 2.45) is 0 Å². The van der Waals surface area contributed by atoms with Crippen LogP contribution in [-0.4, -0.2) is 28.9 Å². The first kappa shape index (κ1) is 13.3. The third-order valence-corrected chi connectivity index (χ3v) is 2.80. The molecule has 1 heterocycles. The monoisotopic (exact) mass is 265 g/mol. The number of nitrogens with zero attached hydrogens (tertiary/aromatic N) is 4. The van der Waals surface area contributed by atoms with Gasteiger partial charge in [-0.2, -0.15) is 10.5 Å². The Morgan fingerprint density at radius 3 is 2.55 bits per heavy atom. The first-order valence-corrected chi connectivity index (χ1v) is 5.86. The second-order valence-corrected chi connectivity index (χ2v) is 4.09. The van der Waals surface area contributed by atoms with Crippen molar-refractivity contribution >= 4 is 22.5 Å². The molecule has 2 aromatic rings. The van der Waals surface area contributed by atoms with Gasteiger partial charge in [0, 0.05) is 5.39 Å². The zero-order valence-corrected chi connectivity index (χ0v) is 10.6. The fourth-order valence-electron chi connectivity index (χ4n) is 1.87. The van der Waals surface area contributed by atoms with E-state index in [-0.39, 0.29) is 24.6 Å². The molecule has 0 atom stereocenters. The van der Waals surface area contributed by atoms with E-state index in [1.807, 2.05) is 36.4 Å². The number of carbonyl (C=O) groups is 1. The average Bonchev–Trinajstić information content (AvgIpc) is 2.46. The van der Waals surface area contributed by atoms with Gasteiger partial charge >= 0.3 is 0 Å². The summed E-state index contributed by atoms with van der Waals surface area (Å²) in [5.41, 5.74) is 5.96. The lowest BCUT2D eigenvalue weighted by molar-refractivity contribution is 0.0789. The minimum atomic E-state index is -0.481. The Morgan fingerprint density at radius 1 is 1.25 bits per heavy atom. The number of fused-ring (bicyclic) bond motifs is 1. The zero-order chi connectivity index (χ0) is 14.5. The Kier molecular flexibility index (Phi) is 3.78. The molecule has 2 N–H and O–H groups in total. The molecule has 0 spiro atoms. The highest BCUT2D eigenvalue weighted by Gasteiger charge is 2.18. The van der Waals surface area contributed by atoms with E-state index >= 15 is 0 Å². The predicted molar refractivity (Wildman–Crippen MR) is 73.3 cm³/mol. The molecule has 0 radical (unpaired) electrons. The highest BCUT2D eigenvalue weighted by atomic mass is 16.2. The highest BCUT2D eigenvalue weighted by Crippen LogP contribution is 2.20. The van der Waals surface area contributed by atoms with Crippen LogP contribution >= 0.6 is 0 Å². The summed E-state index contributed by atoms with van der Waals surface area (Å²) in [4.78, 5) is 17.4. The molecular formula is C14H11N5O. The lowest BCUT2D eigenvalue weighted by atomic mass is 10.1. The van der Waals surface area contributed by atoms with Crippen LogP contribution in [0.4, 0.5) is 5.82 Å². The molecule has 1 amide bonds. The summed E-state index contributed by atoms with van der Waals surface area (Å²) < 4.78 is 0. The molecule has 0 aliphatic rings. The molecule has 1 aromatic carbocycles. The van der Waals surface area contributed by atoms with Gasteiger partial charge < -0.3 is 10.6 Å². The summed E-state index contributed by atoms with van der Waals surface area (Å²) in [6, 6.07) is 12.6. The number of rotatable bonds is 3. The Hall–Kier alpha value is -3.12. The van der Waals surface area contributed by atoms with Crippen LogP contribution in [-0.2, 0) is 0 Å². The van der Waals surface area contributed by atoms with E-state index < -0.39 is 5.91 Å². The number of nitrogen functional groups attached to an aromatic ring is 1. The number of hydrogen-bond acceptors (Lipinski definition) is 5. The first-order valence-electron chi connectivity index (χ1n) is 5.86. The van der Waals surface area contributed by atoms with Crippen LogP contribution in [0.3, 0.4) is 0 Å². The van der Waals surface area contributed by atoms with Crippen molar-refractivity contribution in [2.45, 2.75) is 0 Å². The average molecular weight is 265 g/mol. The van der Waals surface area contributed by atoms with Gasteiger partial charge in [-0.15, -0.1) is 0 Å². The van der Waals surface area contributed by atoms with Crippen molar-refractivity contribution in [1.82, 2.24) is 9.88 Å². The van der Waals surface area contributed by atoms with Gasteiger partial charge in [-0.3, -0.25) is 4.79 Å². The van der Waals surface area contributed by atoms with Gasteiger partial charge in [0.1, 0.15) is 24.6 Å². The maximum absolute atomic E-state index is 12.2. The molecule has 0 fully saturated rings. The number of pyridine rings is 1. The van der Waals surface area contributed by atoms with Gasteiger partial charge in [0.05, 0.1) is 12.1 Å². The van der Waals surface area contributed by atoms with Crippen LogP contribution in [0.2, 0.25) is 0 Å².